The summed E-state index contributed by atoms with van der Waals surface area (Å²) in [5.74, 6) is 3.39. The fourth-order valence-corrected chi connectivity index (χ4v) is 3.85. The zero-order valence-corrected chi connectivity index (χ0v) is 11.4. The predicted molar refractivity (Wildman–Crippen MR) is 75.3 cm³/mol. The van der Waals surface area contributed by atoms with Gasteiger partial charge in [-0.2, -0.15) is 23.1 Å². The fraction of sp³-hybridized carbons (Fsp3) is 0.692. The summed E-state index contributed by atoms with van der Waals surface area (Å²) in [6, 6.07) is 2.23. The topological polar surface area (TPSA) is 12.0 Å². The van der Waals surface area contributed by atoms with Crippen molar-refractivity contribution in [3.05, 3.63) is 22.4 Å². The van der Waals surface area contributed by atoms with Gasteiger partial charge in [0.2, 0.25) is 0 Å². The van der Waals surface area contributed by atoms with E-state index in [1.807, 2.05) is 11.8 Å². The first kappa shape index (κ1) is 12.5. The minimum atomic E-state index is 0.974. The predicted octanol–water partition coefficient (Wildman–Crippen LogP) is 3.76. The number of rotatable bonds is 7. The van der Waals surface area contributed by atoms with Gasteiger partial charge in [-0.25, -0.2) is 0 Å². The first-order chi connectivity index (χ1) is 7.95. The van der Waals surface area contributed by atoms with Crippen LogP contribution < -0.4 is 5.32 Å². The van der Waals surface area contributed by atoms with Crippen molar-refractivity contribution in [3.63, 3.8) is 0 Å². The molecule has 0 aromatic carbocycles. The largest absolute Gasteiger partial charge is 0.316 e. The molecule has 0 saturated heterocycles. The molecule has 90 valence electrons. The molecule has 16 heavy (non-hydrogen) atoms. The molecular weight excluding hydrogens is 234 g/mol. The summed E-state index contributed by atoms with van der Waals surface area (Å²) in [4.78, 5) is 0. The van der Waals surface area contributed by atoms with E-state index in [0.717, 1.165) is 5.92 Å². The highest BCUT2D eigenvalue weighted by molar-refractivity contribution is 7.98. The molecule has 1 saturated carbocycles. The summed E-state index contributed by atoms with van der Waals surface area (Å²) >= 11 is 3.83. The van der Waals surface area contributed by atoms with Gasteiger partial charge in [0.1, 0.15) is 0 Å². The Morgan fingerprint density at radius 3 is 3.00 bits per heavy atom. The molecule has 0 bridgehead atoms. The van der Waals surface area contributed by atoms with Gasteiger partial charge in [-0.1, -0.05) is 12.8 Å². The third kappa shape index (κ3) is 4.48. The van der Waals surface area contributed by atoms with Crippen LogP contribution >= 0.6 is 23.1 Å². The fourth-order valence-electron chi connectivity index (χ4n) is 2.23. The van der Waals surface area contributed by atoms with E-state index in [2.05, 4.69) is 22.1 Å². The van der Waals surface area contributed by atoms with Gasteiger partial charge in [0.05, 0.1) is 0 Å². The number of thioether (sulfide) groups is 1. The Kier molecular flexibility index (Phi) is 5.73. The lowest BCUT2D eigenvalue weighted by Crippen LogP contribution is -2.23. The molecule has 1 fully saturated rings. The Hall–Kier alpha value is 0.01000. The van der Waals surface area contributed by atoms with Crippen LogP contribution in [0.4, 0.5) is 0 Å². The standard InChI is InChI=1S/C13H21NS2/c1-2-4-12(3-1)9-14-6-8-16-11-13-5-7-15-10-13/h5,7,10,12,14H,1-4,6,8-9,11H2. The Morgan fingerprint density at radius 1 is 1.38 bits per heavy atom. The first-order valence-corrected chi connectivity index (χ1v) is 8.34. The molecular formula is C13H21NS2. The maximum absolute atomic E-state index is 3.59. The minimum Gasteiger partial charge on any atom is -0.316 e. The van der Waals surface area contributed by atoms with Gasteiger partial charge in [0.25, 0.3) is 0 Å². The number of hydrogen-bond donors (Lipinski definition) is 1. The van der Waals surface area contributed by atoms with Crippen LogP contribution in [0.5, 0.6) is 0 Å². The van der Waals surface area contributed by atoms with Crippen molar-refractivity contribution >= 4 is 23.1 Å². The first-order valence-electron chi connectivity index (χ1n) is 6.24. The second-order valence-corrected chi connectivity index (χ2v) is 6.42. The number of hydrogen-bond acceptors (Lipinski definition) is 3. The quantitative estimate of drug-likeness (QED) is 0.745. The smallest absolute Gasteiger partial charge is 0.0193 e. The Balaban J connectivity index is 1.43. The highest BCUT2D eigenvalue weighted by Crippen LogP contribution is 2.23. The minimum absolute atomic E-state index is 0.974. The van der Waals surface area contributed by atoms with Crippen molar-refractivity contribution in [3.8, 4) is 0 Å². The zero-order valence-electron chi connectivity index (χ0n) is 9.78. The summed E-state index contributed by atoms with van der Waals surface area (Å²) in [6.07, 6.45) is 5.82. The lowest BCUT2D eigenvalue weighted by Gasteiger charge is -2.09. The molecule has 1 aromatic rings. The SMILES string of the molecule is c1cc(CSCCNCC2CCCC2)cs1. The van der Waals surface area contributed by atoms with E-state index < -0.39 is 0 Å². The molecule has 1 aliphatic carbocycles. The van der Waals surface area contributed by atoms with Gasteiger partial charge >= 0.3 is 0 Å². The molecule has 1 N–H and O–H groups in total. The molecule has 1 nitrogen and oxygen atoms in total. The van der Waals surface area contributed by atoms with Gasteiger partial charge in [0.15, 0.2) is 0 Å². The van der Waals surface area contributed by atoms with Crippen LogP contribution in [-0.2, 0) is 5.75 Å². The molecule has 0 spiro atoms. The number of thiophene rings is 1. The van der Waals surface area contributed by atoms with Crippen LogP contribution in [0.1, 0.15) is 31.2 Å². The third-order valence-electron chi connectivity index (χ3n) is 3.18. The van der Waals surface area contributed by atoms with E-state index in [1.165, 1.54) is 55.8 Å². The molecule has 0 atom stereocenters. The van der Waals surface area contributed by atoms with Crippen LogP contribution in [0.25, 0.3) is 0 Å². The Morgan fingerprint density at radius 2 is 2.25 bits per heavy atom. The van der Waals surface area contributed by atoms with E-state index >= 15 is 0 Å². The normalized spacial score (nSPS) is 17.0. The van der Waals surface area contributed by atoms with Crippen molar-refractivity contribution in [2.24, 2.45) is 5.92 Å². The van der Waals surface area contributed by atoms with E-state index in [1.54, 1.807) is 11.3 Å². The molecule has 0 amide bonds. The summed E-state index contributed by atoms with van der Waals surface area (Å²) < 4.78 is 0. The van der Waals surface area contributed by atoms with Crippen LogP contribution in [-0.4, -0.2) is 18.8 Å². The second kappa shape index (κ2) is 7.36. The summed E-state index contributed by atoms with van der Waals surface area (Å²) in [5, 5.41) is 8.00. The molecule has 0 aliphatic heterocycles. The van der Waals surface area contributed by atoms with Gasteiger partial charge in [0, 0.05) is 18.1 Å². The summed E-state index contributed by atoms with van der Waals surface area (Å²) in [5.41, 5.74) is 1.48. The average molecular weight is 255 g/mol. The van der Waals surface area contributed by atoms with Crippen LogP contribution in [0.3, 0.4) is 0 Å². The molecule has 0 radical (unpaired) electrons. The molecule has 1 aromatic heterocycles. The van der Waals surface area contributed by atoms with E-state index in [0.29, 0.717) is 0 Å². The van der Waals surface area contributed by atoms with Gasteiger partial charge in [-0.15, -0.1) is 0 Å². The second-order valence-electron chi connectivity index (χ2n) is 4.54. The Bertz CT molecular complexity index is 265. The highest BCUT2D eigenvalue weighted by atomic mass is 32.2. The lowest BCUT2D eigenvalue weighted by atomic mass is 10.1. The molecule has 0 unspecified atom stereocenters. The number of nitrogens with one attached hydrogen (secondary N) is 1. The highest BCUT2D eigenvalue weighted by Gasteiger charge is 2.13. The van der Waals surface area contributed by atoms with Crippen molar-refractivity contribution in [2.75, 3.05) is 18.8 Å². The zero-order chi connectivity index (χ0) is 11.1. The van der Waals surface area contributed by atoms with Crippen molar-refractivity contribution < 1.29 is 0 Å². The third-order valence-corrected chi connectivity index (χ3v) is 4.94. The van der Waals surface area contributed by atoms with Crippen LogP contribution in [0.2, 0.25) is 0 Å². The van der Waals surface area contributed by atoms with Crippen molar-refractivity contribution in [1.82, 2.24) is 5.32 Å². The molecule has 2 rings (SSSR count). The van der Waals surface area contributed by atoms with Crippen LogP contribution in [0.15, 0.2) is 16.8 Å². The lowest BCUT2D eigenvalue weighted by molar-refractivity contribution is 0.500. The van der Waals surface area contributed by atoms with Crippen molar-refractivity contribution in [2.45, 2.75) is 31.4 Å². The van der Waals surface area contributed by atoms with E-state index in [-0.39, 0.29) is 0 Å². The van der Waals surface area contributed by atoms with Crippen molar-refractivity contribution in [1.29, 1.82) is 0 Å². The monoisotopic (exact) mass is 255 g/mol. The van der Waals surface area contributed by atoms with Gasteiger partial charge in [-0.05, 0) is 47.7 Å². The summed E-state index contributed by atoms with van der Waals surface area (Å²) in [6.45, 7) is 2.42. The van der Waals surface area contributed by atoms with Gasteiger partial charge in [-0.3, -0.25) is 0 Å². The van der Waals surface area contributed by atoms with E-state index in [9.17, 15) is 0 Å². The maximum Gasteiger partial charge on any atom is 0.0193 e. The Labute approximate surface area is 107 Å². The molecule has 3 heteroatoms. The molecule has 1 heterocycles. The van der Waals surface area contributed by atoms with E-state index in [4.69, 9.17) is 0 Å². The summed E-state index contributed by atoms with van der Waals surface area (Å²) in [7, 11) is 0. The van der Waals surface area contributed by atoms with Gasteiger partial charge < -0.3 is 5.32 Å². The maximum atomic E-state index is 3.59. The molecule has 1 aliphatic rings. The van der Waals surface area contributed by atoms with Crippen LogP contribution in [0, 0.1) is 5.92 Å². The average Bonchev–Trinajstić information content (AvgIpc) is 2.96.